The Morgan fingerprint density at radius 1 is 1.56 bits per heavy atom. The number of hydrogen-bond donors (Lipinski definition) is 0. The number of carbonyl (C=O) groups excluding carboxylic acids is 1. The molecule has 0 aromatic carbocycles. The number of hydrogen-bond acceptors (Lipinski definition) is 4. The number of nitriles is 1. The molecule has 0 aromatic heterocycles. The molecule has 0 atom stereocenters. The molecule has 90 valence electrons. The summed E-state index contributed by atoms with van der Waals surface area (Å²) < 4.78 is 4.68. The van der Waals surface area contributed by atoms with Crippen molar-refractivity contribution in [2.24, 2.45) is 5.41 Å². The van der Waals surface area contributed by atoms with Gasteiger partial charge in [-0.2, -0.15) is 5.26 Å². The molecule has 1 saturated carbocycles. The van der Waals surface area contributed by atoms with Crippen molar-refractivity contribution >= 4 is 5.97 Å². The van der Waals surface area contributed by atoms with Crippen molar-refractivity contribution in [3.8, 4) is 6.07 Å². The van der Waals surface area contributed by atoms with Crippen molar-refractivity contribution < 1.29 is 9.53 Å². The molecule has 1 rings (SSSR count). The fourth-order valence-corrected chi connectivity index (χ4v) is 1.82. The summed E-state index contributed by atoms with van der Waals surface area (Å²) in [6, 6.07) is 2.54. The van der Waals surface area contributed by atoms with Crippen LogP contribution in [0.2, 0.25) is 0 Å². The first-order valence-electron chi connectivity index (χ1n) is 5.71. The Hall–Kier alpha value is -1.08. The molecular weight excluding hydrogens is 204 g/mol. The average molecular weight is 224 g/mol. The summed E-state index contributed by atoms with van der Waals surface area (Å²) in [4.78, 5) is 13.4. The zero-order valence-electron chi connectivity index (χ0n) is 10.3. The number of ether oxygens (including phenoxy) is 1. The average Bonchev–Trinajstić information content (AvgIpc) is 2.97. The minimum atomic E-state index is -0.207. The normalized spacial score (nSPS) is 17.2. The molecule has 1 aliphatic carbocycles. The number of methoxy groups -OCH3 is 1. The molecule has 0 spiro atoms. The van der Waals surface area contributed by atoms with Crippen LogP contribution < -0.4 is 0 Å². The summed E-state index contributed by atoms with van der Waals surface area (Å²) in [5.41, 5.74) is 0.146. The SMILES string of the molecule is COC(=O)CN(CC1(CC#N)CC1)C(C)C. The second-order valence-electron chi connectivity index (χ2n) is 4.91. The monoisotopic (exact) mass is 224 g/mol. The van der Waals surface area contributed by atoms with E-state index in [1.54, 1.807) is 0 Å². The fraction of sp³-hybridized carbons (Fsp3) is 0.833. The largest absolute Gasteiger partial charge is 0.468 e. The minimum Gasteiger partial charge on any atom is -0.468 e. The Balaban J connectivity index is 2.52. The first-order valence-corrected chi connectivity index (χ1v) is 5.71. The lowest BCUT2D eigenvalue weighted by Gasteiger charge is -2.28. The topological polar surface area (TPSA) is 53.3 Å². The maximum absolute atomic E-state index is 11.3. The van der Waals surface area contributed by atoms with Gasteiger partial charge in [0.2, 0.25) is 0 Å². The number of esters is 1. The summed E-state index contributed by atoms with van der Waals surface area (Å²) in [5.74, 6) is -0.207. The van der Waals surface area contributed by atoms with Gasteiger partial charge >= 0.3 is 5.97 Å². The molecule has 1 aliphatic rings. The van der Waals surface area contributed by atoms with Crippen LogP contribution in [0.1, 0.15) is 33.1 Å². The second-order valence-corrected chi connectivity index (χ2v) is 4.91. The van der Waals surface area contributed by atoms with E-state index in [9.17, 15) is 4.79 Å². The van der Waals surface area contributed by atoms with Crippen molar-refractivity contribution in [1.82, 2.24) is 4.90 Å². The Morgan fingerprint density at radius 2 is 2.19 bits per heavy atom. The van der Waals surface area contributed by atoms with Gasteiger partial charge in [-0.05, 0) is 32.1 Å². The number of rotatable bonds is 6. The Labute approximate surface area is 97.2 Å². The highest BCUT2D eigenvalue weighted by Crippen LogP contribution is 2.49. The van der Waals surface area contributed by atoms with Crippen LogP contribution in [0.25, 0.3) is 0 Å². The second kappa shape index (κ2) is 5.31. The molecule has 0 aliphatic heterocycles. The van der Waals surface area contributed by atoms with Crippen LogP contribution in [-0.2, 0) is 9.53 Å². The Bertz CT molecular complexity index is 290. The smallest absolute Gasteiger partial charge is 0.319 e. The summed E-state index contributed by atoms with van der Waals surface area (Å²) in [6.45, 7) is 5.27. The fourth-order valence-electron chi connectivity index (χ4n) is 1.82. The van der Waals surface area contributed by atoms with Crippen molar-refractivity contribution in [3.63, 3.8) is 0 Å². The van der Waals surface area contributed by atoms with Gasteiger partial charge in [0.1, 0.15) is 0 Å². The molecule has 0 unspecified atom stereocenters. The lowest BCUT2D eigenvalue weighted by molar-refractivity contribution is -0.142. The third-order valence-corrected chi connectivity index (χ3v) is 3.24. The van der Waals surface area contributed by atoms with Crippen LogP contribution in [0.3, 0.4) is 0 Å². The summed E-state index contributed by atoms with van der Waals surface area (Å²) in [5, 5.41) is 8.76. The van der Waals surface area contributed by atoms with Gasteiger partial charge in [0, 0.05) is 19.0 Å². The van der Waals surface area contributed by atoms with Crippen LogP contribution in [-0.4, -0.2) is 37.1 Å². The molecule has 0 amide bonds. The van der Waals surface area contributed by atoms with E-state index in [0.29, 0.717) is 19.0 Å². The van der Waals surface area contributed by atoms with Crippen molar-refractivity contribution in [2.75, 3.05) is 20.2 Å². The van der Waals surface area contributed by atoms with Gasteiger partial charge < -0.3 is 4.74 Å². The molecule has 0 bridgehead atoms. The molecule has 16 heavy (non-hydrogen) atoms. The number of carbonyl (C=O) groups is 1. The molecule has 0 radical (unpaired) electrons. The van der Waals surface area contributed by atoms with E-state index in [1.165, 1.54) is 7.11 Å². The van der Waals surface area contributed by atoms with E-state index in [1.807, 2.05) is 0 Å². The maximum Gasteiger partial charge on any atom is 0.319 e. The van der Waals surface area contributed by atoms with Crippen LogP contribution in [0, 0.1) is 16.7 Å². The van der Waals surface area contributed by atoms with E-state index >= 15 is 0 Å². The van der Waals surface area contributed by atoms with E-state index in [4.69, 9.17) is 5.26 Å². The third-order valence-electron chi connectivity index (χ3n) is 3.24. The molecule has 4 heteroatoms. The maximum atomic E-state index is 11.3. The van der Waals surface area contributed by atoms with E-state index in [2.05, 4.69) is 29.6 Å². The zero-order valence-corrected chi connectivity index (χ0v) is 10.3. The molecule has 1 fully saturated rings. The lowest BCUT2D eigenvalue weighted by atomic mass is 10.0. The van der Waals surface area contributed by atoms with Gasteiger partial charge in [-0.15, -0.1) is 0 Å². The van der Waals surface area contributed by atoms with Gasteiger partial charge in [0.05, 0.1) is 19.7 Å². The molecule has 0 saturated heterocycles. The van der Waals surface area contributed by atoms with Crippen LogP contribution in [0.5, 0.6) is 0 Å². The van der Waals surface area contributed by atoms with Gasteiger partial charge in [-0.3, -0.25) is 9.69 Å². The standard InChI is InChI=1S/C12H20N2O2/c1-10(2)14(8-11(15)16-3)9-12(4-5-12)6-7-13/h10H,4-6,8-9H2,1-3H3. The highest BCUT2D eigenvalue weighted by molar-refractivity contribution is 5.71. The quantitative estimate of drug-likeness (QED) is 0.642. The first-order chi connectivity index (χ1) is 7.53. The number of nitrogens with zero attached hydrogens (tertiary/aromatic N) is 2. The van der Waals surface area contributed by atoms with Crippen LogP contribution >= 0.6 is 0 Å². The van der Waals surface area contributed by atoms with Gasteiger partial charge in [0.25, 0.3) is 0 Å². The van der Waals surface area contributed by atoms with Crippen molar-refractivity contribution in [1.29, 1.82) is 5.26 Å². The summed E-state index contributed by atoms with van der Waals surface area (Å²) in [7, 11) is 1.41. The zero-order chi connectivity index (χ0) is 12.2. The molecule has 0 aromatic rings. The predicted octanol–water partition coefficient (Wildman–Crippen LogP) is 1.56. The summed E-state index contributed by atoms with van der Waals surface area (Å²) in [6.07, 6.45) is 2.80. The van der Waals surface area contributed by atoms with Crippen LogP contribution in [0.15, 0.2) is 0 Å². The van der Waals surface area contributed by atoms with Crippen molar-refractivity contribution in [2.45, 2.75) is 39.2 Å². The highest BCUT2D eigenvalue weighted by Gasteiger charge is 2.44. The van der Waals surface area contributed by atoms with E-state index in [0.717, 1.165) is 19.4 Å². The molecule has 4 nitrogen and oxygen atoms in total. The first kappa shape index (κ1) is 13.0. The van der Waals surface area contributed by atoms with Gasteiger partial charge in [-0.25, -0.2) is 0 Å². The van der Waals surface area contributed by atoms with Gasteiger partial charge in [0.15, 0.2) is 0 Å². The van der Waals surface area contributed by atoms with Crippen LogP contribution in [0.4, 0.5) is 0 Å². The van der Waals surface area contributed by atoms with Crippen molar-refractivity contribution in [3.05, 3.63) is 0 Å². The Kier molecular flexibility index (Phi) is 4.31. The molecule has 0 heterocycles. The lowest BCUT2D eigenvalue weighted by Crippen LogP contribution is -2.40. The minimum absolute atomic E-state index is 0.146. The predicted molar refractivity (Wildman–Crippen MR) is 60.6 cm³/mol. The summed E-state index contributed by atoms with van der Waals surface area (Å²) >= 11 is 0. The van der Waals surface area contributed by atoms with Gasteiger partial charge in [-0.1, -0.05) is 0 Å². The third kappa shape index (κ3) is 3.49. The van der Waals surface area contributed by atoms with E-state index < -0.39 is 0 Å². The van der Waals surface area contributed by atoms with E-state index in [-0.39, 0.29) is 11.4 Å². The highest BCUT2D eigenvalue weighted by atomic mass is 16.5. The molecule has 0 N–H and O–H groups in total. The molecular formula is C12H20N2O2. The Morgan fingerprint density at radius 3 is 2.56 bits per heavy atom.